The summed E-state index contributed by atoms with van der Waals surface area (Å²) in [5, 5.41) is 11.8. The maximum atomic E-state index is 11.4. The number of rotatable bonds is 2. The van der Waals surface area contributed by atoms with E-state index in [0.717, 1.165) is 25.0 Å². The van der Waals surface area contributed by atoms with Crippen LogP contribution in [0.25, 0.3) is 0 Å². The van der Waals surface area contributed by atoms with E-state index in [1.165, 1.54) is 4.88 Å². The highest BCUT2D eigenvalue weighted by Crippen LogP contribution is 2.39. The highest BCUT2D eigenvalue weighted by Gasteiger charge is 2.30. The zero-order chi connectivity index (χ0) is 14.0. The summed E-state index contributed by atoms with van der Waals surface area (Å²) in [6.45, 7) is 6.83. The van der Waals surface area contributed by atoms with Crippen LogP contribution in [0.4, 0.5) is 5.13 Å². The molecule has 5 heteroatoms. The Labute approximate surface area is 117 Å². The molecule has 0 aliphatic heterocycles. The van der Waals surface area contributed by atoms with Crippen molar-refractivity contribution in [2.75, 3.05) is 5.32 Å². The van der Waals surface area contributed by atoms with Crippen LogP contribution in [-0.2, 0) is 17.6 Å². The Hall–Kier alpha value is -1.41. The number of nitriles is 1. The number of anilines is 1. The third-order valence-electron chi connectivity index (χ3n) is 3.65. The molecule has 0 aromatic carbocycles. The maximum absolute atomic E-state index is 11.4. The average molecular weight is 277 g/mol. The van der Waals surface area contributed by atoms with Gasteiger partial charge < -0.3 is 5.32 Å². The van der Waals surface area contributed by atoms with Gasteiger partial charge in [0.15, 0.2) is 5.13 Å². The molecule has 0 saturated heterocycles. The molecule has 0 fully saturated rings. The van der Waals surface area contributed by atoms with Gasteiger partial charge in [0.25, 0.3) is 0 Å². The predicted octanol–water partition coefficient (Wildman–Crippen LogP) is 3.15. The monoisotopic (exact) mass is 277 g/mol. The largest absolute Gasteiger partial charge is 0.301 e. The van der Waals surface area contributed by atoms with Crippen molar-refractivity contribution in [2.24, 2.45) is 11.3 Å². The Morgan fingerprint density at radius 2 is 2.32 bits per heavy atom. The van der Waals surface area contributed by atoms with E-state index in [9.17, 15) is 4.79 Å². The van der Waals surface area contributed by atoms with E-state index in [-0.39, 0.29) is 12.3 Å². The highest BCUT2D eigenvalue weighted by molar-refractivity contribution is 7.15. The zero-order valence-corrected chi connectivity index (χ0v) is 12.4. The van der Waals surface area contributed by atoms with Gasteiger partial charge in [-0.05, 0) is 30.6 Å². The summed E-state index contributed by atoms with van der Waals surface area (Å²) >= 11 is 1.56. The molecule has 1 amide bonds. The lowest BCUT2D eigenvalue weighted by molar-refractivity contribution is -0.115. The second-order valence-corrected chi connectivity index (χ2v) is 7.16. The van der Waals surface area contributed by atoms with Crippen molar-refractivity contribution in [3.63, 3.8) is 0 Å². The van der Waals surface area contributed by atoms with Crippen molar-refractivity contribution in [1.29, 1.82) is 5.26 Å². The van der Waals surface area contributed by atoms with Gasteiger partial charge in [-0.1, -0.05) is 20.8 Å². The third kappa shape index (κ3) is 3.32. The molecule has 1 atom stereocenters. The number of thiazole rings is 1. The minimum Gasteiger partial charge on any atom is -0.301 e. The summed E-state index contributed by atoms with van der Waals surface area (Å²) < 4.78 is 0. The first-order valence-corrected chi connectivity index (χ1v) is 7.37. The molecule has 0 radical (unpaired) electrons. The Morgan fingerprint density at radius 1 is 1.58 bits per heavy atom. The van der Waals surface area contributed by atoms with E-state index in [2.05, 4.69) is 31.1 Å². The van der Waals surface area contributed by atoms with Gasteiger partial charge in [0, 0.05) is 4.88 Å². The minimum atomic E-state index is -0.277. The molecule has 4 nitrogen and oxygen atoms in total. The molecule has 1 aromatic rings. The van der Waals surface area contributed by atoms with Crippen LogP contribution in [0.2, 0.25) is 0 Å². The lowest BCUT2D eigenvalue weighted by atomic mass is 9.73. The fourth-order valence-electron chi connectivity index (χ4n) is 2.40. The van der Waals surface area contributed by atoms with Gasteiger partial charge in [0.05, 0.1) is 11.8 Å². The molecule has 19 heavy (non-hydrogen) atoms. The Kier molecular flexibility index (Phi) is 3.91. The van der Waals surface area contributed by atoms with Gasteiger partial charge in [-0.25, -0.2) is 4.98 Å². The fourth-order valence-corrected chi connectivity index (χ4v) is 3.51. The average Bonchev–Trinajstić information content (AvgIpc) is 2.68. The molecule has 0 saturated carbocycles. The van der Waals surface area contributed by atoms with Gasteiger partial charge in [-0.2, -0.15) is 5.26 Å². The first-order chi connectivity index (χ1) is 8.90. The van der Waals surface area contributed by atoms with Crippen molar-refractivity contribution in [3.8, 4) is 6.07 Å². The SMILES string of the molecule is CC(C)(C)[C@H]1CCc2nc(NC(=O)CC#N)sc2C1. The summed E-state index contributed by atoms with van der Waals surface area (Å²) in [5.74, 6) is 0.393. The maximum Gasteiger partial charge on any atom is 0.240 e. The van der Waals surface area contributed by atoms with Gasteiger partial charge in [0.1, 0.15) is 6.42 Å². The number of hydrogen-bond acceptors (Lipinski definition) is 4. The molecular formula is C14H19N3OS. The topological polar surface area (TPSA) is 65.8 Å². The number of nitrogens with zero attached hydrogens (tertiary/aromatic N) is 2. The van der Waals surface area contributed by atoms with Crippen molar-refractivity contribution < 1.29 is 4.79 Å². The molecule has 1 heterocycles. The molecule has 102 valence electrons. The number of nitrogens with one attached hydrogen (secondary N) is 1. The summed E-state index contributed by atoms with van der Waals surface area (Å²) in [5.41, 5.74) is 1.43. The second-order valence-electron chi connectivity index (χ2n) is 6.08. The van der Waals surface area contributed by atoms with E-state index in [4.69, 9.17) is 5.26 Å². The predicted molar refractivity (Wildman–Crippen MR) is 75.9 cm³/mol. The second kappa shape index (κ2) is 5.30. The quantitative estimate of drug-likeness (QED) is 0.903. The van der Waals surface area contributed by atoms with Crippen LogP contribution in [0.1, 0.15) is 44.2 Å². The number of carbonyl (C=O) groups is 1. The van der Waals surface area contributed by atoms with E-state index in [1.807, 2.05) is 6.07 Å². The van der Waals surface area contributed by atoms with Crippen LogP contribution in [0.15, 0.2) is 0 Å². The number of carbonyl (C=O) groups excluding carboxylic acids is 1. The highest BCUT2D eigenvalue weighted by atomic mass is 32.1. The number of aromatic nitrogens is 1. The zero-order valence-electron chi connectivity index (χ0n) is 11.6. The molecular weight excluding hydrogens is 258 g/mol. The molecule has 2 rings (SSSR count). The van der Waals surface area contributed by atoms with Crippen LogP contribution < -0.4 is 5.32 Å². The van der Waals surface area contributed by atoms with Crippen molar-refractivity contribution in [1.82, 2.24) is 4.98 Å². The minimum absolute atomic E-state index is 0.116. The normalized spacial score (nSPS) is 18.5. The summed E-state index contributed by atoms with van der Waals surface area (Å²) in [7, 11) is 0. The molecule has 1 aromatic heterocycles. The molecule has 0 spiro atoms. The van der Waals surface area contributed by atoms with Gasteiger partial charge in [-0.15, -0.1) is 11.3 Å². The molecule has 0 bridgehead atoms. The van der Waals surface area contributed by atoms with E-state index in [1.54, 1.807) is 11.3 Å². The molecule has 1 aliphatic carbocycles. The first kappa shape index (κ1) is 14.0. The van der Waals surface area contributed by atoms with E-state index in [0.29, 0.717) is 16.5 Å². The van der Waals surface area contributed by atoms with Crippen LogP contribution in [0.5, 0.6) is 0 Å². The lowest BCUT2D eigenvalue weighted by Gasteiger charge is -2.33. The molecule has 1 aliphatic rings. The van der Waals surface area contributed by atoms with Gasteiger partial charge in [-0.3, -0.25) is 4.79 Å². The summed E-state index contributed by atoms with van der Waals surface area (Å²) in [4.78, 5) is 17.1. The number of aryl methyl sites for hydroxylation is 1. The van der Waals surface area contributed by atoms with Crippen molar-refractivity contribution in [2.45, 2.75) is 46.5 Å². The number of amides is 1. The smallest absolute Gasteiger partial charge is 0.240 e. The standard InChI is InChI=1S/C14H19N3OS/c1-14(2,3)9-4-5-10-11(8-9)19-13(16-10)17-12(18)6-7-15/h9H,4-6,8H2,1-3H3,(H,16,17,18)/t9-/m0/s1. The number of fused-ring (bicyclic) bond motifs is 1. The van der Waals surface area contributed by atoms with Crippen molar-refractivity contribution >= 4 is 22.4 Å². The molecule has 0 unspecified atom stereocenters. The van der Waals surface area contributed by atoms with E-state index < -0.39 is 0 Å². The molecule has 1 N–H and O–H groups in total. The van der Waals surface area contributed by atoms with Gasteiger partial charge in [0.2, 0.25) is 5.91 Å². The number of hydrogen-bond donors (Lipinski definition) is 1. The van der Waals surface area contributed by atoms with Crippen molar-refractivity contribution in [3.05, 3.63) is 10.6 Å². The van der Waals surface area contributed by atoms with Gasteiger partial charge >= 0.3 is 0 Å². The first-order valence-electron chi connectivity index (χ1n) is 6.55. The van der Waals surface area contributed by atoms with Crippen LogP contribution in [0.3, 0.4) is 0 Å². The lowest BCUT2D eigenvalue weighted by Crippen LogP contribution is -2.26. The Balaban J connectivity index is 2.09. The fraction of sp³-hybridized carbons (Fsp3) is 0.643. The third-order valence-corrected chi connectivity index (χ3v) is 4.69. The Bertz CT molecular complexity index is 522. The summed E-state index contributed by atoms with van der Waals surface area (Å²) in [6.07, 6.45) is 3.08. The van der Waals surface area contributed by atoms with Crippen LogP contribution >= 0.6 is 11.3 Å². The van der Waals surface area contributed by atoms with Crippen LogP contribution in [0, 0.1) is 22.7 Å². The Morgan fingerprint density at radius 3 is 2.95 bits per heavy atom. The summed E-state index contributed by atoms with van der Waals surface area (Å²) in [6, 6.07) is 1.84. The van der Waals surface area contributed by atoms with E-state index >= 15 is 0 Å². The van der Waals surface area contributed by atoms with Crippen LogP contribution in [-0.4, -0.2) is 10.9 Å².